The van der Waals surface area contributed by atoms with Crippen molar-refractivity contribution in [1.29, 1.82) is 0 Å². The van der Waals surface area contributed by atoms with E-state index in [2.05, 4.69) is 0 Å². The van der Waals surface area contributed by atoms with Crippen LogP contribution in [0.4, 0.5) is 0 Å². The van der Waals surface area contributed by atoms with Gasteiger partial charge in [0.25, 0.3) is 0 Å². The van der Waals surface area contributed by atoms with Crippen LogP contribution in [0, 0.1) is 0 Å². The van der Waals surface area contributed by atoms with Crippen LogP contribution in [-0.2, 0) is 16.0 Å². The van der Waals surface area contributed by atoms with Crippen molar-refractivity contribution < 1.29 is 9.59 Å². The lowest BCUT2D eigenvalue weighted by molar-refractivity contribution is -0.133. The van der Waals surface area contributed by atoms with E-state index in [4.69, 9.17) is 0 Å². The second-order valence-corrected chi connectivity index (χ2v) is 4.19. The zero-order valence-electron chi connectivity index (χ0n) is 10.5. The SMILES string of the molecule is O=C(/C=C/c1ccccc1)C(=O)Cc1ccccc1. The monoisotopic (exact) mass is 250 g/mol. The maximum atomic E-state index is 11.7. The number of carbonyl (C=O) groups is 2. The molecule has 0 unspecified atom stereocenters. The Balaban J connectivity index is 1.97. The van der Waals surface area contributed by atoms with Crippen molar-refractivity contribution in [2.45, 2.75) is 6.42 Å². The maximum absolute atomic E-state index is 11.7. The lowest BCUT2D eigenvalue weighted by Gasteiger charge is -1.97. The molecule has 2 nitrogen and oxygen atoms in total. The fourth-order valence-corrected chi connectivity index (χ4v) is 1.70. The van der Waals surface area contributed by atoms with Crippen molar-refractivity contribution in [2.24, 2.45) is 0 Å². The lowest BCUT2D eigenvalue weighted by atomic mass is 10.1. The first-order valence-electron chi connectivity index (χ1n) is 6.10. The Morgan fingerprint density at radius 1 is 0.842 bits per heavy atom. The van der Waals surface area contributed by atoms with Gasteiger partial charge in [0, 0.05) is 6.42 Å². The Morgan fingerprint density at radius 2 is 1.42 bits per heavy atom. The molecule has 0 aliphatic heterocycles. The quantitative estimate of drug-likeness (QED) is 0.603. The molecule has 2 rings (SSSR count). The van der Waals surface area contributed by atoms with Gasteiger partial charge in [0.15, 0.2) is 0 Å². The number of rotatable bonds is 5. The molecular weight excluding hydrogens is 236 g/mol. The van der Waals surface area contributed by atoms with Gasteiger partial charge in [0.05, 0.1) is 0 Å². The molecule has 0 saturated carbocycles. The molecule has 2 heteroatoms. The zero-order valence-corrected chi connectivity index (χ0v) is 10.5. The molecular formula is C17H14O2. The summed E-state index contributed by atoms with van der Waals surface area (Å²) >= 11 is 0. The predicted octanol–water partition coefficient (Wildman–Crippen LogP) is 3.08. The average Bonchev–Trinajstić information content (AvgIpc) is 2.47. The van der Waals surface area contributed by atoms with Crippen LogP contribution in [0.5, 0.6) is 0 Å². The highest BCUT2D eigenvalue weighted by Gasteiger charge is 2.10. The second-order valence-electron chi connectivity index (χ2n) is 4.19. The summed E-state index contributed by atoms with van der Waals surface area (Å²) in [5.41, 5.74) is 1.76. The molecule has 2 aromatic carbocycles. The van der Waals surface area contributed by atoms with E-state index in [1.54, 1.807) is 6.08 Å². The smallest absolute Gasteiger partial charge is 0.221 e. The van der Waals surface area contributed by atoms with Gasteiger partial charge in [-0.25, -0.2) is 0 Å². The molecule has 0 heterocycles. The van der Waals surface area contributed by atoms with Crippen molar-refractivity contribution in [3.8, 4) is 0 Å². The van der Waals surface area contributed by atoms with Crippen LogP contribution in [0.1, 0.15) is 11.1 Å². The first-order valence-corrected chi connectivity index (χ1v) is 6.10. The van der Waals surface area contributed by atoms with Gasteiger partial charge < -0.3 is 0 Å². The van der Waals surface area contributed by atoms with Crippen molar-refractivity contribution in [1.82, 2.24) is 0 Å². The Kier molecular flexibility index (Phi) is 4.40. The van der Waals surface area contributed by atoms with Crippen molar-refractivity contribution >= 4 is 17.6 Å². The number of Topliss-reactive ketones (excluding diaryl/α,β-unsaturated/α-hetero) is 1. The number of benzene rings is 2. The summed E-state index contributed by atoms with van der Waals surface area (Å²) in [6.07, 6.45) is 3.14. The number of carbonyl (C=O) groups excluding carboxylic acids is 2. The third-order valence-corrected chi connectivity index (χ3v) is 2.71. The summed E-state index contributed by atoms with van der Waals surface area (Å²) in [6.45, 7) is 0. The van der Waals surface area contributed by atoms with Gasteiger partial charge in [-0.3, -0.25) is 9.59 Å². The van der Waals surface area contributed by atoms with Gasteiger partial charge in [-0.2, -0.15) is 0 Å². The molecule has 0 aliphatic carbocycles. The fraction of sp³-hybridized carbons (Fsp3) is 0.0588. The minimum atomic E-state index is -0.465. The van der Waals surface area contributed by atoms with Crippen LogP contribution in [-0.4, -0.2) is 11.6 Å². The molecule has 0 saturated heterocycles. The van der Waals surface area contributed by atoms with Crippen LogP contribution in [0.15, 0.2) is 66.7 Å². The Morgan fingerprint density at radius 3 is 2.05 bits per heavy atom. The number of allylic oxidation sites excluding steroid dienone is 1. The summed E-state index contributed by atoms with van der Waals surface area (Å²) in [6, 6.07) is 18.7. The molecule has 0 radical (unpaired) electrons. The molecule has 0 aromatic heterocycles. The minimum absolute atomic E-state index is 0.152. The molecule has 0 atom stereocenters. The van der Waals surface area contributed by atoms with Crippen LogP contribution in [0.25, 0.3) is 6.08 Å². The lowest BCUT2D eigenvalue weighted by Crippen LogP contribution is -2.13. The molecule has 0 fully saturated rings. The number of hydrogen-bond acceptors (Lipinski definition) is 2. The van der Waals surface area contributed by atoms with Gasteiger partial charge >= 0.3 is 0 Å². The summed E-state index contributed by atoms with van der Waals surface area (Å²) < 4.78 is 0. The fourth-order valence-electron chi connectivity index (χ4n) is 1.70. The van der Waals surface area contributed by atoms with Crippen molar-refractivity contribution in [2.75, 3.05) is 0 Å². The molecule has 2 aromatic rings. The molecule has 0 N–H and O–H groups in total. The minimum Gasteiger partial charge on any atom is -0.290 e. The number of ketones is 2. The molecule has 0 bridgehead atoms. The van der Waals surface area contributed by atoms with Gasteiger partial charge in [0.2, 0.25) is 11.6 Å². The van der Waals surface area contributed by atoms with E-state index in [1.807, 2.05) is 60.7 Å². The van der Waals surface area contributed by atoms with E-state index in [0.29, 0.717) is 0 Å². The standard InChI is InChI=1S/C17H14O2/c18-16(12-11-14-7-3-1-4-8-14)17(19)13-15-9-5-2-6-10-15/h1-12H,13H2/b12-11+. The van der Waals surface area contributed by atoms with E-state index >= 15 is 0 Å². The third kappa shape index (κ3) is 4.03. The van der Waals surface area contributed by atoms with Gasteiger partial charge in [-0.15, -0.1) is 0 Å². The van der Waals surface area contributed by atoms with Gasteiger partial charge in [-0.1, -0.05) is 66.7 Å². The Labute approximate surface area is 112 Å². The highest BCUT2D eigenvalue weighted by Crippen LogP contribution is 2.03. The second kappa shape index (κ2) is 6.45. The molecule has 19 heavy (non-hydrogen) atoms. The van der Waals surface area contributed by atoms with Crippen LogP contribution in [0.3, 0.4) is 0 Å². The molecule has 0 spiro atoms. The summed E-state index contributed by atoms with van der Waals surface area (Å²) in [4.78, 5) is 23.4. The molecule has 94 valence electrons. The number of hydrogen-bond donors (Lipinski definition) is 0. The highest BCUT2D eigenvalue weighted by molar-refractivity contribution is 6.42. The van der Waals surface area contributed by atoms with E-state index < -0.39 is 11.6 Å². The van der Waals surface area contributed by atoms with Crippen molar-refractivity contribution in [3.05, 3.63) is 77.9 Å². The largest absolute Gasteiger partial charge is 0.290 e. The normalized spacial score (nSPS) is 10.5. The molecule has 0 aliphatic rings. The Bertz CT molecular complexity index is 583. The Hall–Kier alpha value is -2.48. The average molecular weight is 250 g/mol. The summed E-state index contributed by atoms with van der Waals surface area (Å²) in [5, 5.41) is 0. The van der Waals surface area contributed by atoms with E-state index in [1.165, 1.54) is 6.08 Å². The van der Waals surface area contributed by atoms with Gasteiger partial charge in [0.1, 0.15) is 0 Å². The first kappa shape index (κ1) is 13.0. The van der Waals surface area contributed by atoms with E-state index in [9.17, 15) is 9.59 Å². The third-order valence-electron chi connectivity index (χ3n) is 2.71. The van der Waals surface area contributed by atoms with Crippen LogP contribution >= 0.6 is 0 Å². The zero-order chi connectivity index (χ0) is 13.5. The summed E-state index contributed by atoms with van der Waals surface area (Å²) in [7, 11) is 0. The van der Waals surface area contributed by atoms with Crippen molar-refractivity contribution in [3.63, 3.8) is 0 Å². The first-order chi connectivity index (χ1) is 9.25. The van der Waals surface area contributed by atoms with Gasteiger partial charge in [-0.05, 0) is 17.2 Å². The summed E-state index contributed by atoms with van der Waals surface area (Å²) in [5.74, 6) is -0.855. The highest BCUT2D eigenvalue weighted by atomic mass is 16.2. The predicted molar refractivity (Wildman–Crippen MR) is 75.6 cm³/mol. The van der Waals surface area contributed by atoms with E-state index in [0.717, 1.165) is 11.1 Å². The van der Waals surface area contributed by atoms with E-state index in [-0.39, 0.29) is 6.42 Å². The van der Waals surface area contributed by atoms with Crippen LogP contribution in [0.2, 0.25) is 0 Å². The maximum Gasteiger partial charge on any atom is 0.221 e. The van der Waals surface area contributed by atoms with Crippen LogP contribution < -0.4 is 0 Å². The topological polar surface area (TPSA) is 34.1 Å². The molecule has 0 amide bonds.